The molecule has 2 aromatic rings. The van der Waals surface area contributed by atoms with Crippen LogP contribution in [0.4, 0.5) is 0 Å². The molecule has 1 aliphatic rings. The van der Waals surface area contributed by atoms with Crippen molar-refractivity contribution in [2.45, 2.75) is 37.6 Å². The van der Waals surface area contributed by atoms with Crippen LogP contribution >= 0.6 is 11.6 Å². The summed E-state index contributed by atoms with van der Waals surface area (Å²) in [6, 6.07) is 14.8. The van der Waals surface area contributed by atoms with Gasteiger partial charge in [-0.15, -0.1) is 0 Å². The van der Waals surface area contributed by atoms with Crippen molar-refractivity contribution in [3.63, 3.8) is 0 Å². The fraction of sp³-hybridized carbons (Fsp3) is 0.333. The molecule has 4 nitrogen and oxygen atoms in total. The van der Waals surface area contributed by atoms with Crippen LogP contribution in [0.3, 0.4) is 0 Å². The molecule has 0 radical (unpaired) electrons. The number of hydrogen-bond donors (Lipinski definition) is 1. The van der Waals surface area contributed by atoms with Crippen LogP contribution in [0, 0.1) is 0 Å². The van der Waals surface area contributed by atoms with E-state index < -0.39 is 6.04 Å². The molecule has 0 aromatic heterocycles. The lowest BCUT2D eigenvalue weighted by Crippen LogP contribution is -2.35. The van der Waals surface area contributed by atoms with Gasteiger partial charge in [0.25, 0.3) is 0 Å². The molecule has 0 bridgehead atoms. The van der Waals surface area contributed by atoms with E-state index in [1.165, 1.54) is 12.7 Å². The predicted molar refractivity (Wildman–Crippen MR) is 101 cm³/mol. The van der Waals surface area contributed by atoms with Gasteiger partial charge in [0, 0.05) is 5.02 Å². The molecule has 26 heavy (non-hydrogen) atoms. The molecule has 1 amide bonds. The summed E-state index contributed by atoms with van der Waals surface area (Å²) in [7, 11) is 1.34. The number of rotatable bonds is 5. The molecule has 2 atom stereocenters. The zero-order valence-corrected chi connectivity index (χ0v) is 15.5. The predicted octanol–water partition coefficient (Wildman–Crippen LogP) is 4.18. The molecule has 0 saturated heterocycles. The van der Waals surface area contributed by atoms with Gasteiger partial charge in [-0.25, -0.2) is 0 Å². The van der Waals surface area contributed by atoms with Crippen LogP contribution in [-0.4, -0.2) is 19.0 Å². The normalized spacial score (nSPS) is 17.1. The van der Waals surface area contributed by atoms with Gasteiger partial charge in [0.15, 0.2) is 0 Å². The monoisotopic (exact) mass is 371 g/mol. The van der Waals surface area contributed by atoms with E-state index in [4.69, 9.17) is 16.3 Å². The number of nitrogens with one attached hydrogen (secondary N) is 1. The van der Waals surface area contributed by atoms with Gasteiger partial charge in [-0.05, 0) is 48.1 Å². The molecule has 0 fully saturated rings. The highest BCUT2D eigenvalue weighted by Crippen LogP contribution is 2.32. The summed E-state index contributed by atoms with van der Waals surface area (Å²) in [6.45, 7) is 0. The van der Waals surface area contributed by atoms with Crippen LogP contribution in [-0.2, 0) is 20.7 Å². The van der Waals surface area contributed by atoms with Crippen LogP contribution in [0.15, 0.2) is 48.5 Å². The third kappa shape index (κ3) is 4.25. The largest absolute Gasteiger partial charge is 0.469 e. The highest BCUT2D eigenvalue weighted by molar-refractivity contribution is 6.30. The zero-order chi connectivity index (χ0) is 18.5. The van der Waals surface area contributed by atoms with E-state index in [1.54, 1.807) is 12.1 Å². The van der Waals surface area contributed by atoms with Crippen LogP contribution in [0.2, 0.25) is 5.02 Å². The molecule has 3 rings (SSSR count). The third-order valence-corrected chi connectivity index (χ3v) is 5.09. The van der Waals surface area contributed by atoms with Crippen molar-refractivity contribution in [1.29, 1.82) is 0 Å². The summed E-state index contributed by atoms with van der Waals surface area (Å²) in [4.78, 5) is 24.8. The molecule has 0 aliphatic heterocycles. The van der Waals surface area contributed by atoms with E-state index in [-0.39, 0.29) is 24.2 Å². The number of amides is 1. The van der Waals surface area contributed by atoms with Crippen molar-refractivity contribution in [3.8, 4) is 0 Å². The lowest BCUT2D eigenvalue weighted by atomic mass is 9.82. The van der Waals surface area contributed by atoms with Gasteiger partial charge >= 0.3 is 5.97 Å². The zero-order valence-electron chi connectivity index (χ0n) is 14.7. The average Bonchev–Trinajstić information content (AvgIpc) is 2.66. The topological polar surface area (TPSA) is 55.4 Å². The summed E-state index contributed by atoms with van der Waals surface area (Å²) in [5, 5.41) is 3.60. The second kappa shape index (κ2) is 8.37. The molecule has 0 spiro atoms. The Labute approximate surface area is 158 Å². The van der Waals surface area contributed by atoms with Gasteiger partial charge in [0.2, 0.25) is 5.91 Å². The molecule has 1 aliphatic carbocycles. The molecule has 2 aromatic carbocycles. The van der Waals surface area contributed by atoms with Crippen molar-refractivity contribution in [2.24, 2.45) is 0 Å². The van der Waals surface area contributed by atoms with E-state index >= 15 is 0 Å². The smallest absolute Gasteiger partial charge is 0.307 e. The van der Waals surface area contributed by atoms with Crippen LogP contribution in [0.1, 0.15) is 47.9 Å². The molecule has 0 saturated carbocycles. The number of halogens is 1. The van der Waals surface area contributed by atoms with Gasteiger partial charge in [-0.1, -0.05) is 48.0 Å². The Hall–Kier alpha value is -2.33. The van der Waals surface area contributed by atoms with Gasteiger partial charge in [-0.2, -0.15) is 0 Å². The number of methoxy groups -OCH3 is 1. The van der Waals surface area contributed by atoms with Crippen LogP contribution < -0.4 is 5.32 Å². The molecule has 2 unspecified atom stereocenters. The van der Waals surface area contributed by atoms with Crippen molar-refractivity contribution in [1.82, 2.24) is 5.32 Å². The molecule has 136 valence electrons. The number of hydrogen-bond acceptors (Lipinski definition) is 3. The van der Waals surface area contributed by atoms with Gasteiger partial charge in [-0.3, -0.25) is 9.59 Å². The van der Waals surface area contributed by atoms with Crippen molar-refractivity contribution in [2.75, 3.05) is 7.11 Å². The summed E-state index contributed by atoms with van der Waals surface area (Å²) in [5.74, 6) is -0.635. The van der Waals surface area contributed by atoms with Crippen molar-refractivity contribution < 1.29 is 14.3 Å². The first kappa shape index (κ1) is 18.5. The molecule has 5 heteroatoms. The van der Waals surface area contributed by atoms with Gasteiger partial charge in [0.05, 0.1) is 25.5 Å². The number of aryl methyl sites for hydroxylation is 1. The Morgan fingerprint density at radius 1 is 1.23 bits per heavy atom. The fourth-order valence-electron chi connectivity index (χ4n) is 3.52. The Morgan fingerprint density at radius 2 is 2.04 bits per heavy atom. The van der Waals surface area contributed by atoms with E-state index in [0.717, 1.165) is 30.4 Å². The number of carbonyl (C=O) groups excluding carboxylic acids is 2. The minimum atomic E-state index is -0.470. The quantitative estimate of drug-likeness (QED) is 0.802. The highest BCUT2D eigenvalue weighted by Gasteiger charge is 2.29. The van der Waals surface area contributed by atoms with Gasteiger partial charge in [0.1, 0.15) is 0 Å². The van der Waals surface area contributed by atoms with Crippen molar-refractivity contribution in [3.05, 3.63) is 70.2 Å². The second-order valence-electron chi connectivity index (χ2n) is 6.54. The first-order chi connectivity index (χ1) is 12.6. The van der Waals surface area contributed by atoms with Crippen LogP contribution in [0.25, 0.3) is 0 Å². The Kier molecular flexibility index (Phi) is 5.94. The lowest BCUT2D eigenvalue weighted by Gasteiger charge is -2.27. The SMILES string of the molecule is COC(=O)CC(NC(=O)C1CCCc2ccccc21)c1cccc(Cl)c1. The molecule has 0 heterocycles. The maximum absolute atomic E-state index is 13.0. The number of benzene rings is 2. The van der Waals surface area contributed by atoms with Gasteiger partial charge < -0.3 is 10.1 Å². The molecule has 1 N–H and O–H groups in total. The summed E-state index contributed by atoms with van der Waals surface area (Å²) in [5.41, 5.74) is 3.10. The number of carbonyl (C=O) groups is 2. The van der Waals surface area contributed by atoms with Crippen molar-refractivity contribution >= 4 is 23.5 Å². The molecular weight excluding hydrogens is 350 g/mol. The average molecular weight is 372 g/mol. The van der Waals surface area contributed by atoms with Crippen LogP contribution in [0.5, 0.6) is 0 Å². The van der Waals surface area contributed by atoms with E-state index in [1.807, 2.05) is 30.3 Å². The fourth-order valence-corrected chi connectivity index (χ4v) is 3.72. The number of ether oxygens (including phenoxy) is 1. The van der Waals surface area contributed by atoms with E-state index in [0.29, 0.717) is 5.02 Å². The standard InChI is InChI=1S/C21H22ClNO3/c1-26-20(24)13-19(15-8-4-9-16(22)12-15)23-21(25)18-11-5-7-14-6-2-3-10-17(14)18/h2-4,6,8-10,12,18-19H,5,7,11,13H2,1H3,(H,23,25). The third-order valence-electron chi connectivity index (χ3n) is 4.85. The highest BCUT2D eigenvalue weighted by atomic mass is 35.5. The first-order valence-electron chi connectivity index (χ1n) is 8.79. The Balaban J connectivity index is 1.83. The Bertz CT molecular complexity index is 805. The minimum Gasteiger partial charge on any atom is -0.469 e. The second-order valence-corrected chi connectivity index (χ2v) is 6.98. The summed E-state index contributed by atoms with van der Waals surface area (Å²) >= 11 is 6.08. The molecular formula is C21H22ClNO3. The summed E-state index contributed by atoms with van der Waals surface area (Å²) in [6.07, 6.45) is 2.86. The first-order valence-corrected chi connectivity index (χ1v) is 9.16. The number of fused-ring (bicyclic) bond motifs is 1. The lowest BCUT2D eigenvalue weighted by molar-refractivity contribution is -0.141. The van der Waals surface area contributed by atoms with E-state index in [2.05, 4.69) is 11.4 Å². The number of esters is 1. The minimum absolute atomic E-state index is 0.0639. The maximum atomic E-state index is 13.0. The van der Waals surface area contributed by atoms with E-state index in [9.17, 15) is 9.59 Å². The Morgan fingerprint density at radius 3 is 2.81 bits per heavy atom. The maximum Gasteiger partial charge on any atom is 0.307 e. The summed E-state index contributed by atoms with van der Waals surface area (Å²) < 4.78 is 4.79.